The molecule has 0 aliphatic heterocycles. The van der Waals surface area contributed by atoms with Crippen LogP contribution in [0.4, 0.5) is 23.9 Å². The van der Waals surface area contributed by atoms with Crippen LogP contribution in [0.3, 0.4) is 0 Å². The van der Waals surface area contributed by atoms with Crippen LogP contribution in [0.2, 0.25) is 0 Å². The number of ether oxygens (including phenoxy) is 1. The highest BCUT2D eigenvalue weighted by Crippen LogP contribution is 2.43. The summed E-state index contributed by atoms with van der Waals surface area (Å²) in [5.41, 5.74) is -1.42. The Morgan fingerprint density at radius 2 is 1.90 bits per heavy atom. The van der Waals surface area contributed by atoms with Crippen LogP contribution < -0.4 is 15.9 Å². The smallest absolute Gasteiger partial charge is 0.419 e. The number of H-pyrrole nitrogens is 1. The average molecular weight is 563 g/mol. The Kier molecular flexibility index (Phi) is 7.43. The summed E-state index contributed by atoms with van der Waals surface area (Å²) in [4.78, 5) is 23.4. The quantitative estimate of drug-likeness (QED) is 0.344. The molecule has 3 N–H and O–H groups in total. The van der Waals surface area contributed by atoms with Crippen LogP contribution in [-0.4, -0.2) is 52.1 Å². The summed E-state index contributed by atoms with van der Waals surface area (Å²) < 4.78 is 60.5. The van der Waals surface area contributed by atoms with Gasteiger partial charge >= 0.3 is 12.3 Å². The third kappa shape index (κ3) is 6.19. The summed E-state index contributed by atoms with van der Waals surface area (Å²) in [6.45, 7) is 8.26. The van der Waals surface area contributed by atoms with Gasteiger partial charge in [0, 0.05) is 29.4 Å². The number of benzene rings is 1. The molecule has 2 atom stereocenters. The van der Waals surface area contributed by atoms with E-state index in [2.05, 4.69) is 25.6 Å². The monoisotopic (exact) mass is 562 g/mol. The third-order valence-corrected chi connectivity index (χ3v) is 7.91. The topological polar surface area (TPSA) is 133 Å². The number of amides is 1. The standard InChI is InChI=1S/C26H30F3N6O3P/c1-25(2,3)38-24(36)34-19-8-6-7-18(19)33-23-32-13-17(26(27,28)29)20(35-23)16-12-31-21-15(16)10-9-14(11-30)22(21)39(4,5)37/h9-10,12-13,18-19,31H,6-8H2,1-5H3,(H,34,36)(H,32,33,35)/t18-,19-/m0/s1. The molecule has 208 valence electrons. The number of aromatic nitrogens is 3. The number of aromatic amines is 1. The molecule has 0 spiro atoms. The number of rotatable bonds is 5. The van der Waals surface area contributed by atoms with E-state index in [4.69, 9.17) is 4.74 Å². The predicted molar refractivity (Wildman–Crippen MR) is 143 cm³/mol. The van der Waals surface area contributed by atoms with Crippen molar-refractivity contribution in [2.24, 2.45) is 0 Å². The van der Waals surface area contributed by atoms with E-state index in [1.807, 2.05) is 6.07 Å². The first-order chi connectivity index (χ1) is 18.1. The molecule has 1 aromatic carbocycles. The van der Waals surface area contributed by atoms with Gasteiger partial charge in [0.2, 0.25) is 5.95 Å². The first-order valence-electron chi connectivity index (χ1n) is 12.4. The lowest BCUT2D eigenvalue weighted by Gasteiger charge is -2.25. The fourth-order valence-electron chi connectivity index (χ4n) is 4.82. The van der Waals surface area contributed by atoms with Crippen LogP contribution in [0, 0.1) is 11.3 Å². The first kappa shape index (κ1) is 28.4. The number of hydrogen-bond acceptors (Lipinski definition) is 7. The van der Waals surface area contributed by atoms with Gasteiger partial charge in [-0.25, -0.2) is 14.8 Å². The Balaban J connectivity index is 1.73. The fourth-order valence-corrected chi connectivity index (χ4v) is 6.25. The fraction of sp³-hybridized carbons (Fsp3) is 0.462. The molecular formula is C26H30F3N6O3P. The van der Waals surface area contributed by atoms with Crippen LogP contribution >= 0.6 is 7.14 Å². The van der Waals surface area contributed by atoms with E-state index >= 15 is 0 Å². The van der Waals surface area contributed by atoms with Gasteiger partial charge in [0.05, 0.1) is 34.2 Å². The lowest BCUT2D eigenvalue weighted by Crippen LogP contribution is -2.45. The molecule has 9 nitrogen and oxygen atoms in total. The van der Waals surface area contributed by atoms with Crippen LogP contribution in [0.1, 0.15) is 51.2 Å². The first-order valence-corrected chi connectivity index (χ1v) is 15.0. The number of nitrogens with zero attached hydrogens (tertiary/aromatic N) is 3. The van der Waals surface area contributed by atoms with Crippen molar-refractivity contribution < 1.29 is 27.3 Å². The van der Waals surface area contributed by atoms with E-state index in [0.29, 0.717) is 23.7 Å². The molecule has 2 aromatic heterocycles. The molecule has 2 heterocycles. The van der Waals surface area contributed by atoms with Crippen LogP contribution in [0.15, 0.2) is 24.5 Å². The minimum atomic E-state index is -4.74. The van der Waals surface area contributed by atoms with Crippen LogP contribution in [-0.2, 0) is 15.5 Å². The number of hydrogen-bond donors (Lipinski definition) is 3. The van der Waals surface area contributed by atoms with Crippen molar-refractivity contribution in [3.05, 3.63) is 35.7 Å². The third-order valence-electron chi connectivity index (χ3n) is 6.37. The molecule has 1 fully saturated rings. The van der Waals surface area contributed by atoms with Crippen molar-refractivity contribution >= 4 is 35.4 Å². The minimum absolute atomic E-state index is 0.0271. The lowest BCUT2D eigenvalue weighted by atomic mass is 10.0. The van der Waals surface area contributed by atoms with E-state index in [9.17, 15) is 27.8 Å². The second kappa shape index (κ2) is 10.2. The normalized spacial score (nSPS) is 18.1. The van der Waals surface area contributed by atoms with Gasteiger partial charge in [-0.2, -0.15) is 18.4 Å². The summed E-state index contributed by atoms with van der Waals surface area (Å²) in [6.07, 6.45) is -1.14. The summed E-state index contributed by atoms with van der Waals surface area (Å²) in [5.74, 6) is -0.0271. The van der Waals surface area contributed by atoms with Crippen molar-refractivity contribution in [1.82, 2.24) is 20.3 Å². The summed E-state index contributed by atoms with van der Waals surface area (Å²) in [5, 5.41) is 16.1. The molecule has 0 radical (unpaired) electrons. The van der Waals surface area contributed by atoms with E-state index in [1.54, 1.807) is 20.8 Å². The number of fused-ring (bicyclic) bond motifs is 1. The zero-order valence-electron chi connectivity index (χ0n) is 22.2. The molecule has 0 unspecified atom stereocenters. The van der Waals surface area contributed by atoms with Crippen LogP contribution in [0.25, 0.3) is 22.2 Å². The Morgan fingerprint density at radius 3 is 2.51 bits per heavy atom. The van der Waals surface area contributed by atoms with Crippen LogP contribution in [0.5, 0.6) is 0 Å². The van der Waals surface area contributed by atoms with E-state index in [0.717, 1.165) is 12.6 Å². The second-order valence-corrected chi connectivity index (χ2v) is 14.1. The van der Waals surface area contributed by atoms with Gasteiger partial charge in [-0.05, 0) is 59.4 Å². The van der Waals surface area contributed by atoms with Gasteiger partial charge in [-0.15, -0.1) is 0 Å². The molecule has 1 saturated carbocycles. The summed E-state index contributed by atoms with van der Waals surface area (Å²) in [7, 11) is -2.97. The molecule has 4 rings (SSSR count). The average Bonchev–Trinajstić information content (AvgIpc) is 3.42. The highest BCUT2D eigenvalue weighted by molar-refractivity contribution is 7.70. The highest BCUT2D eigenvalue weighted by Gasteiger charge is 2.37. The van der Waals surface area contributed by atoms with Crippen molar-refractivity contribution in [3.8, 4) is 17.3 Å². The molecular weight excluding hydrogens is 532 g/mol. The molecule has 3 aromatic rings. The molecule has 1 amide bonds. The number of nitriles is 1. The van der Waals surface area contributed by atoms with Gasteiger partial charge in [0.15, 0.2) is 0 Å². The maximum atomic E-state index is 14.0. The number of halogens is 3. The van der Waals surface area contributed by atoms with Crippen molar-refractivity contribution in [2.45, 2.75) is 63.9 Å². The number of alkyl carbamates (subject to hydrolysis) is 1. The Bertz CT molecular complexity index is 1500. The number of nitrogens with one attached hydrogen (secondary N) is 3. The van der Waals surface area contributed by atoms with Gasteiger partial charge in [0.25, 0.3) is 0 Å². The predicted octanol–water partition coefficient (Wildman–Crippen LogP) is 5.62. The summed E-state index contributed by atoms with van der Waals surface area (Å²) in [6, 6.07) is 4.34. The largest absolute Gasteiger partial charge is 0.444 e. The Morgan fingerprint density at radius 1 is 1.21 bits per heavy atom. The summed E-state index contributed by atoms with van der Waals surface area (Å²) >= 11 is 0. The van der Waals surface area contributed by atoms with E-state index < -0.39 is 30.6 Å². The Labute approximate surface area is 223 Å². The minimum Gasteiger partial charge on any atom is -0.444 e. The van der Waals surface area contributed by atoms with Gasteiger partial charge < -0.3 is 24.9 Å². The maximum absolute atomic E-state index is 14.0. The molecule has 0 bridgehead atoms. The van der Waals surface area contributed by atoms with E-state index in [-0.39, 0.29) is 40.2 Å². The highest BCUT2D eigenvalue weighted by atomic mass is 31.2. The van der Waals surface area contributed by atoms with Crippen molar-refractivity contribution in [3.63, 3.8) is 0 Å². The van der Waals surface area contributed by atoms with Gasteiger partial charge in [0.1, 0.15) is 18.3 Å². The number of carbonyl (C=O) groups excluding carboxylic acids is 1. The van der Waals surface area contributed by atoms with Crippen molar-refractivity contribution in [2.75, 3.05) is 18.6 Å². The zero-order valence-corrected chi connectivity index (χ0v) is 23.1. The van der Waals surface area contributed by atoms with Gasteiger partial charge in [-0.3, -0.25) is 0 Å². The maximum Gasteiger partial charge on any atom is 0.419 e. The SMILES string of the molecule is CC(C)(C)OC(=O)N[C@H]1CCC[C@@H]1Nc1ncc(C(F)(F)F)c(-c2c[nH]c3c(P(C)(C)=O)c(C#N)ccc23)n1. The molecule has 1 aliphatic rings. The number of anilines is 1. The zero-order chi connectivity index (χ0) is 28.8. The van der Waals surface area contributed by atoms with Crippen molar-refractivity contribution in [1.29, 1.82) is 5.26 Å². The Hall–Kier alpha value is -3.58. The van der Waals surface area contributed by atoms with E-state index in [1.165, 1.54) is 31.7 Å². The molecule has 0 saturated heterocycles. The molecule has 13 heteroatoms. The number of carbonyl (C=O) groups is 1. The van der Waals surface area contributed by atoms with Gasteiger partial charge in [-0.1, -0.05) is 6.07 Å². The number of alkyl halides is 3. The lowest BCUT2D eigenvalue weighted by molar-refractivity contribution is -0.137. The second-order valence-electron chi connectivity index (χ2n) is 10.9. The molecule has 1 aliphatic carbocycles. The molecule has 39 heavy (non-hydrogen) atoms.